The number of nitrogens with zero attached hydrogens (tertiary/aromatic N) is 1. The van der Waals surface area contributed by atoms with Gasteiger partial charge in [-0.25, -0.2) is 14.6 Å². The Hall–Kier alpha value is -2.96. The number of ether oxygens (including phenoxy) is 2. The Labute approximate surface area is 138 Å². The number of alkyl carbamates (subject to hydrolysis) is 1. The number of benzene rings is 1. The zero-order valence-corrected chi connectivity index (χ0v) is 13.1. The third kappa shape index (κ3) is 5.05. The molecule has 1 amide bonds. The van der Waals surface area contributed by atoms with Crippen molar-refractivity contribution in [3.8, 4) is 0 Å². The van der Waals surface area contributed by atoms with E-state index in [4.69, 9.17) is 4.74 Å². The van der Waals surface area contributed by atoms with Crippen molar-refractivity contribution in [2.75, 3.05) is 7.11 Å². The molecule has 2 aromatic rings. The van der Waals surface area contributed by atoms with Crippen molar-refractivity contribution in [2.24, 2.45) is 0 Å². The fourth-order valence-electron chi connectivity index (χ4n) is 2.03. The first-order chi connectivity index (χ1) is 11.6. The number of hydrogen-bond donors (Lipinski definition) is 1. The van der Waals surface area contributed by atoms with Crippen LogP contribution >= 0.6 is 0 Å². The Kier molecular flexibility index (Phi) is 6.24. The van der Waals surface area contributed by atoms with Crippen molar-refractivity contribution >= 4 is 12.1 Å². The van der Waals surface area contributed by atoms with Gasteiger partial charge in [-0.1, -0.05) is 36.4 Å². The second-order valence-corrected chi connectivity index (χ2v) is 4.94. The molecule has 0 bridgehead atoms. The average Bonchev–Trinajstić information content (AvgIpc) is 2.61. The van der Waals surface area contributed by atoms with Crippen molar-refractivity contribution in [3.63, 3.8) is 0 Å². The molecule has 0 aliphatic carbocycles. The number of amides is 1. The second kappa shape index (κ2) is 8.61. The number of pyridine rings is 1. The van der Waals surface area contributed by atoms with Crippen LogP contribution in [0.1, 0.15) is 11.1 Å². The van der Waals surface area contributed by atoms with Crippen molar-refractivity contribution in [1.82, 2.24) is 10.3 Å². The quantitative estimate of drug-likeness (QED) is 0.648. The smallest absolute Gasteiger partial charge is 0.408 e. The monoisotopic (exact) mass is 332 g/mol. The van der Waals surface area contributed by atoms with Crippen LogP contribution in [-0.4, -0.2) is 30.2 Å². The summed E-state index contributed by atoms with van der Waals surface area (Å²) >= 11 is 0. The lowest BCUT2D eigenvalue weighted by atomic mass is 10.1. The largest absolute Gasteiger partial charge is 0.467 e. The van der Waals surface area contributed by atoms with Gasteiger partial charge < -0.3 is 14.8 Å². The lowest BCUT2D eigenvalue weighted by molar-refractivity contribution is -0.143. The van der Waals surface area contributed by atoms with Crippen LogP contribution in [0.5, 0.6) is 0 Å². The van der Waals surface area contributed by atoms with Crippen LogP contribution in [0.3, 0.4) is 0 Å². The van der Waals surface area contributed by atoms with E-state index in [9.17, 15) is 14.0 Å². The van der Waals surface area contributed by atoms with Gasteiger partial charge in [-0.2, -0.15) is 4.39 Å². The first-order valence-corrected chi connectivity index (χ1v) is 7.24. The second-order valence-electron chi connectivity index (χ2n) is 4.94. The van der Waals surface area contributed by atoms with E-state index in [1.54, 1.807) is 18.2 Å². The molecule has 2 rings (SSSR count). The highest BCUT2D eigenvalue weighted by molar-refractivity contribution is 5.81. The molecule has 6 nitrogen and oxygen atoms in total. The van der Waals surface area contributed by atoms with Crippen molar-refractivity contribution in [3.05, 3.63) is 65.7 Å². The van der Waals surface area contributed by atoms with Gasteiger partial charge in [-0.05, 0) is 11.6 Å². The van der Waals surface area contributed by atoms with Crippen LogP contribution in [0.15, 0.2) is 48.7 Å². The van der Waals surface area contributed by atoms with E-state index in [0.29, 0.717) is 0 Å². The van der Waals surface area contributed by atoms with Gasteiger partial charge in [0.15, 0.2) is 0 Å². The Morgan fingerprint density at radius 3 is 2.62 bits per heavy atom. The Balaban J connectivity index is 1.97. The van der Waals surface area contributed by atoms with Gasteiger partial charge in [0.05, 0.1) is 7.11 Å². The number of rotatable bonds is 6. The molecule has 0 fully saturated rings. The molecule has 7 heteroatoms. The fourth-order valence-corrected chi connectivity index (χ4v) is 2.03. The van der Waals surface area contributed by atoms with E-state index in [2.05, 4.69) is 15.0 Å². The van der Waals surface area contributed by atoms with E-state index in [0.717, 1.165) is 5.56 Å². The lowest BCUT2D eigenvalue weighted by Gasteiger charge is -2.16. The van der Waals surface area contributed by atoms with Gasteiger partial charge in [-0.3, -0.25) is 0 Å². The van der Waals surface area contributed by atoms with E-state index < -0.39 is 24.1 Å². The zero-order valence-electron chi connectivity index (χ0n) is 13.1. The van der Waals surface area contributed by atoms with Gasteiger partial charge >= 0.3 is 12.1 Å². The van der Waals surface area contributed by atoms with Crippen molar-refractivity contribution in [1.29, 1.82) is 0 Å². The summed E-state index contributed by atoms with van der Waals surface area (Å²) in [5.74, 6) is -1.40. The summed E-state index contributed by atoms with van der Waals surface area (Å²) in [4.78, 5) is 27.2. The molecule has 1 unspecified atom stereocenters. The summed E-state index contributed by atoms with van der Waals surface area (Å²) < 4.78 is 23.3. The summed E-state index contributed by atoms with van der Waals surface area (Å²) in [7, 11) is 1.19. The number of methoxy groups -OCH3 is 1. The molecule has 24 heavy (non-hydrogen) atoms. The molecule has 1 heterocycles. The highest BCUT2D eigenvalue weighted by Crippen LogP contribution is 2.08. The van der Waals surface area contributed by atoms with Gasteiger partial charge in [0.1, 0.15) is 12.6 Å². The molecule has 0 aliphatic rings. The lowest BCUT2D eigenvalue weighted by Crippen LogP contribution is -2.43. The maximum absolute atomic E-state index is 13.6. The molecule has 0 aliphatic heterocycles. The molecular weight excluding hydrogens is 315 g/mol. The van der Waals surface area contributed by atoms with E-state index in [1.807, 2.05) is 18.2 Å². The number of nitrogens with one attached hydrogen (secondary N) is 1. The predicted octanol–water partition coefficient (Wildman–Crippen LogP) is 2.23. The molecule has 1 atom stereocenters. The standard InChI is InChI=1S/C17H17FN2O4/c1-23-16(21)14(10-13-8-5-9-19-15(13)18)20-17(22)24-11-12-6-3-2-4-7-12/h2-9,14H,10-11H2,1H3,(H,20,22). The number of esters is 1. The highest BCUT2D eigenvalue weighted by atomic mass is 19.1. The maximum atomic E-state index is 13.6. The summed E-state index contributed by atoms with van der Waals surface area (Å²) in [6.45, 7) is 0.0574. The Bertz CT molecular complexity index is 694. The third-order valence-corrected chi connectivity index (χ3v) is 3.25. The van der Waals surface area contributed by atoms with E-state index in [1.165, 1.54) is 19.4 Å². The van der Waals surface area contributed by atoms with E-state index in [-0.39, 0.29) is 18.6 Å². The van der Waals surface area contributed by atoms with Crippen LogP contribution in [0.2, 0.25) is 0 Å². The van der Waals surface area contributed by atoms with E-state index >= 15 is 0 Å². The maximum Gasteiger partial charge on any atom is 0.408 e. The summed E-state index contributed by atoms with van der Waals surface area (Å²) in [6.07, 6.45) is 0.416. The topological polar surface area (TPSA) is 77.5 Å². The highest BCUT2D eigenvalue weighted by Gasteiger charge is 2.24. The third-order valence-electron chi connectivity index (χ3n) is 3.25. The van der Waals surface area contributed by atoms with Crippen LogP contribution in [0.4, 0.5) is 9.18 Å². The molecule has 1 N–H and O–H groups in total. The predicted molar refractivity (Wildman–Crippen MR) is 83.5 cm³/mol. The van der Waals surface area contributed by atoms with Gasteiger partial charge in [0.25, 0.3) is 0 Å². The molecule has 126 valence electrons. The summed E-state index contributed by atoms with van der Waals surface area (Å²) in [5, 5.41) is 2.38. The molecule has 1 aromatic heterocycles. The minimum atomic E-state index is -1.07. The molecule has 0 radical (unpaired) electrons. The molecule has 1 aromatic carbocycles. The number of aromatic nitrogens is 1. The van der Waals surface area contributed by atoms with Gasteiger partial charge in [0, 0.05) is 18.2 Å². The number of carbonyl (C=O) groups excluding carboxylic acids is 2. The van der Waals surface area contributed by atoms with Gasteiger partial charge in [-0.15, -0.1) is 0 Å². The number of carbonyl (C=O) groups is 2. The van der Waals surface area contributed by atoms with Crippen molar-refractivity contribution in [2.45, 2.75) is 19.1 Å². The number of hydrogen-bond acceptors (Lipinski definition) is 5. The van der Waals surface area contributed by atoms with Crippen molar-refractivity contribution < 1.29 is 23.5 Å². The first-order valence-electron chi connectivity index (χ1n) is 7.24. The summed E-state index contributed by atoms with van der Waals surface area (Å²) in [6, 6.07) is 11.0. The average molecular weight is 332 g/mol. The molecule has 0 saturated heterocycles. The van der Waals surface area contributed by atoms with Crippen LogP contribution in [-0.2, 0) is 27.3 Å². The minimum Gasteiger partial charge on any atom is -0.467 e. The Morgan fingerprint density at radius 1 is 1.21 bits per heavy atom. The zero-order chi connectivity index (χ0) is 17.4. The Morgan fingerprint density at radius 2 is 1.96 bits per heavy atom. The van der Waals surface area contributed by atoms with Crippen LogP contribution < -0.4 is 5.32 Å². The number of halogens is 1. The van der Waals surface area contributed by atoms with Crippen LogP contribution in [0, 0.1) is 5.95 Å². The molecular formula is C17H17FN2O4. The normalized spacial score (nSPS) is 11.4. The minimum absolute atomic E-state index is 0.0574. The fraction of sp³-hybridized carbons (Fsp3) is 0.235. The summed E-state index contributed by atoms with van der Waals surface area (Å²) in [5.41, 5.74) is 0.997. The molecule has 0 spiro atoms. The van der Waals surface area contributed by atoms with Gasteiger partial charge in [0.2, 0.25) is 5.95 Å². The molecule has 0 saturated carbocycles. The van der Waals surface area contributed by atoms with Crippen LogP contribution in [0.25, 0.3) is 0 Å². The first kappa shape index (κ1) is 17.4. The SMILES string of the molecule is COC(=O)C(Cc1cccnc1F)NC(=O)OCc1ccccc1.